The molecular weight excluding hydrogens is 553 g/mol. The van der Waals surface area contributed by atoms with E-state index in [-0.39, 0.29) is 5.15 Å². The number of nitrogens with zero attached hydrogens (tertiary/aromatic N) is 2. The Morgan fingerprint density at radius 2 is 1.49 bits per heavy atom. The van der Waals surface area contributed by atoms with Gasteiger partial charge in [0.2, 0.25) is 0 Å². The summed E-state index contributed by atoms with van der Waals surface area (Å²) in [6.45, 7) is 2.14. The maximum Gasteiger partial charge on any atom is 0.257 e. The van der Waals surface area contributed by atoms with E-state index in [1.807, 2.05) is 71.5 Å². The molecule has 0 aliphatic heterocycles. The number of rotatable bonds is 9. The lowest BCUT2D eigenvalue weighted by Crippen LogP contribution is -2.26. The van der Waals surface area contributed by atoms with Crippen LogP contribution >= 0.6 is 23.2 Å². The molecule has 0 bridgehead atoms. The van der Waals surface area contributed by atoms with Crippen molar-refractivity contribution in [3.05, 3.63) is 134 Å². The lowest BCUT2D eigenvalue weighted by atomic mass is 10.1. The zero-order chi connectivity index (χ0) is 27.8. The smallest absolute Gasteiger partial charge is 0.257 e. The van der Waals surface area contributed by atoms with Crippen molar-refractivity contribution in [3.8, 4) is 0 Å². The van der Waals surface area contributed by atoms with E-state index in [1.54, 1.807) is 35.8 Å². The molecule has 1 N–H and O–H groups in total. The van der Waals surface area contributed by atoms with Crippen LogP contribution in [0.1, 0.15) is 33.8 Å². The summed E-state index contributed by atoms with van der Waals surface area (Å²) in [5, 5.41) is 1.69. The predicted octanol–water partition coefficient (Wildman–Crippen LogP) is 6.85. The van der Waals surface area contributed by atoms with Gasteiger partial charge in [-0.2, -0.15) is 0 Å². The number of halogens is 2. The highest BCUT2D eigenvalue weighted by atomic mass is 35.5. The van der Waals surface area contributed by atoms with Crippen LogP contribution in [0.3, 0.4) is 0 Å². The number of sulfonamides is 1. The second kappa shape index (κ2) is 12.8. The fourth-order valence-corrected chi connectivity index (χ4v) is 5.01. The molecule has 0 spiro atoms. The minimum atomic E-state index is -3.99. The van der Waals surface area contributed by atoms with Gasteiger partial charge >= 0.3 is 0 Å². The average Bonchev–Trinajstić information content (AvgIpc) is 3.18. The molecule has 1 amide bonds. The summed E-state index contributed by atoms with van der Waals surface area (Å²) in [6.07, 6.45) is 7.93. The molecule has 0 saturated carbocycles. The number of carbonyl (C=O) groups is 1. The van der Waals surface area contributed by atoms with Gasteiger partial charge < -0.3 is 4.57 Å². The van der Waals surface area contributed by atoms with Crippen LogP contribution in [-0.2, 0) is 21.4 Å². The van der Waals surface area contributed by atoms with Gasteiger partial charge in [0.05, 0.1) is 17.6 Å². The monoisotopic (exact) mass is 577 g/mol. The van der Waals surface area contributed by atoms with Crippen molar-refractivity contribution < 1.29 is 13.2 Å². The third kappa shape index (κ3) is 8.04. The molecule has 9 heteroatoms. The number of hydrogen-bond acceptors (Lipinski definition) is 4. The van der Waals surface area contributed by atoms with Gasteiger partial charge in [0.1, 0.15) is 5.82 Å². The molecule has 3 aromatic carbocycles. The van der Waals surface area contributed by atoms with Gasteiger partial charge in [-0.15, -0.1) is 0 Å². The summed E-state index contributed by atoms with van der Waals surface area (Å²) in [4.78, 5) is 16.7. The first-order valence-electron chi connectivity index (χ1n) is 11.9. The lowest BCUT2D eigenvalue weighted by molar-refractivity contribution is -0.114. The van der Waals surface area contributed by atoms with Crippen LogP contribution in [0, 0.1) is 6.92 Å². The number of aromatic nitrogens is 2. The Morgan fingerprint density at radius 1 is 0.872 bits per heavy atom. The first kappa shape index (κ1) is 28.1. The van der Waals surface area contributed by atoms with Crippen LogP contribution in [0.25, 0.3) is 24.3 Å². The number of hydrogen-bond donors (Lipinski definition) is 1. The SMILES string of the molecule is Cc1nc(Cl)c(/C=C/C(=O)NS(=O)(=O)/C=C/c2ccccc2)n1Cc1ccc(/C=C/c2ccccc2)cc1Cl. The van der Waals surface area contributed by atoms with Gasteiger partial charge in [0.25, 0.3) is 15.9 Å². The molecule has 0 aliphatic carbocycles. The van der Waals surface area contributed by atoms with Gasteiger partial charge in [-0.05, 0) is 47.4 Å². The van der Waals surface area contributed by atoms with E-state index >= 15 is 0 Å². The molecule has 0 fully saturated rings. The molecule has 1 heterocycles. The van der Waals surface area contributed by atoms with Crippen LogP contribution < -0.4 is 4.72 Å². The zero-order valence-corrected chi connectivity index (χ0v) is 23.3. The van der Waals surface area contributed by atoms with Crippen LogP contribution in [0.15, 0.2) is 90.3 Å². The van der Waals surface area contributed by atoms with Crippen LogP contribution in [0.2, 0.25) is 10.2 Å². The molecule has 4 aromatic rings. The highest BCUT2D eigenvalue weighted by Gasteiger charge is 2.14. The van der Waals surface area contributed by atoms with Crippen molar-refractivity contribution in [1.29, 1.82) is 0 Å². The molecule has 198 valence electrons. The van der Waals surface area contributed by atoms with E-state index in [0.29, 0.717) is 28.6 Å². The van der Waals surface area contributed by atoms with Gasteiger partial charge in [-0.3, -0.25) is 4.79 Å². The molecule has 0 saturated heterocycles. The Labute approximate surface area is 238 Å². The standard InChI is InChI=1S/C30H25Cl2N3O3S/c1-22-33-30(32)28(16-17-29(36)34-39(37,38)19-18-24-10-6-3-7-11-24)35(22)21-26-15-14-25(20-27(26)31)13-12-23-8-4-2-5-9-23/h2-20H,21H2,1H3,(H,34,36)/b13-12+,17-16+,19-18+. The summed E-state index contributed by atoms with van der Waals surface area (Å²) in [5.74, 6) is -0.204. The van der Waals surface area contributed by atoms with E-state index in [4.69, 9.17) is 23.2 Å². The molecule has 39 heavy (non-hydrogen) atoms. The zero-order valence-electron chi connectivity index (χ0n) is 21.0. The lowest BCUT2D eigenvalue weighted by Gasteiger charge is -2.11. The van der Waals surface area contributed by atoms with E-state index in [0.717, 1.165) is 28.2 Å². The Balaban J connectivity index is 1.47. The maximum atomic E-state index is 12.4. The third-order valence-electron chi connectivity index (χ3n) is 5.70. The highest BCUT2D eigenvalue weighted by molar-refractivity contribution is 7.93. The molecule has 6 nitrogen and oxygen atoms in total. The quantitative estimate of drug-likeness (QED) is 0.174. The van der Waals surface area contributed by atoms with Gasteiger partial charge in [0.15, 0.2) is 5.15 Å². The van der Waals surface area contributed by atoms with E-state index in [9.17, 15) is 13.2 Å². The minimum absolute atomic E-state index is 0.182. The molecule has 0 unspecified atom stereocenters. The number of benzene rings is 3. The summed E-state index contributed by atoms with van der Waals surface area (Å²) in [7, 11) is -3.99. The van der Waals surface area contributed by atoms with Crippen LogP contribution in [0.4, 0.5) is 0 Å². The van der Waals surface area contributed by atoms with Gasteiger partial charge in [-0.25, -0.2) is 18.1 Å². The Hall–Kier alpha value is -3.91. The summed E-state index contributed by atoms with van der Waals surface area (Å²) in [6, 6.07) is 24.6. The van der Waals surface area contributed by atoms with E-state index in [2.05, 4.69) is 4.98 Å². The second-order valence-corrected chi connectivity index (χ2v) is 10.9. The van der Waals surface area contributed by atoms with Crippen LogP contribution in [-0.4, -0.2) is 23.9 Å². The molecular formula is C30H25Cl2N3O3S. The Morgan fingerprint density at radius 3 is 2.13 bits per heavy atom. The largest absolute Gasteiger partial charge is 0.323 e. The molecule has 1 aromatic heterocycles. The molecule has 0 radical (unpaired) electrons. The number of aryl methyl sites for hydroxylation is 1. The maximum absolute atomic E-state index is 12.4. The van der Waals surface area contributed by atoms with Crippen molar-refractivity contribution >= 4 is 63.4 Å². The number of nitrogens with one attached hydrogen (secondary N) is 1. The van der Waals surface area contributed by atoms with Crippen molar-refractivity contribution in [2.24, 2.45) is 0 Å². The first-order valence-corrected chi connectivity index (χ1v) is 14.2. The number of imidazole rings is 1. The predicted molar refractivity (Wildman–Crippen MR) is 159 cm³/mol. The molecule has 0 aliphatic rings. The Kier molecular flexibility index (Phi) is 9.19. The van der Waals surface area contributed by atoms with Gasteiger partial charge in [-0.1, -0.05) is 108 Å². The fraction of sp³-hybridized carbons (Fsp3) is 0.0667. The summed E-state index contributed by atoms with van der Waals surface area (Å²) in [5.41, 5.74) is 4.01. The molecule has 4 rings (SSSR count). The second-order valence-electron chi connectivity index (χ2n) is 8.57. The van der Waals surface area contributed by atoms with Crippen molar-refractivity contribution in [2.45, 2.75) is 13.5 Å². The van der Waals surface area contributed by atoms with Crippen molar-refractivity contribution in [1.82, 2.24) is 14.3 Å². The third-order valence-corrected chi connectivity index (χ3v) is 7.31. The normalized spacial score (nSPS) is 12.1. The van der Waals surface area contributed by atoms with Crippen molar-refractivity contribution in [3.63, 3.8) is 0 Å². The average molecular weight is 579 g/mol. The van der Waals surface area contributed by atoms with Crippen molar-refractivity contribution in [2.75, 3.05) is 0 Å². The number of amides is 1. The van der Waals surface area contributed by atoms with E-state index in [1.165, 1.54) is 12.2 Å². The number of carbonyl (C=O) groups excluding carboxylic acids is 1. The van der Waals surface area contributed by atoms with Gasteiger partial charge in [0, 0.05) is 11.1 Å². The van der Waals surface area contributed by atoms with E-state index < -0.39 is 15.9 Å². The fourth-order valence-electron chi connectivity index (χ4n) is 3.72. The summed E-state index contributed by atoms with van der Waals surface area (Å²) >= 11 is 12.9. The topological polar surface area (TPSA) is 81.1 Å². The minimum Gasteiger partial charge on any atom is -0.323 e. The molecule has 0 atom stereocenters. The first-order chi connectivity index (χ1) is 18.7. The highest BCUT2D eigenvalue weighted by Crippen LogP contribution is 2.25. The summed E-state index contributed by atoms with van der Waals surface area (Å²) < 4.78 is 28.4. The van der Waals surface area contributed by atoms with Crippen LogP contribution in [0.5, 0.6) is 0 Å². The Bertz CT molecular complexity index is 1660.